The average molecular weight is 256 g/mol. The summed E-state index contributed by atoms with van der Waals surface area (Å²) < 4.78 is 8.96. The molecule has 0 spiro atoms. The Hall–Kier alpha value is -1.72. The van der Waals surface area contributed by atoms with Gasteiger partial charge in [-0.2, -0.15) is 0 Å². The molecule has 2 rings (SSSR count). The molecule has 0 aromatic heterocycles. The van der Waals surface area contributed by atoms with E-state index in [4.69, 9.17) is 0 Å². The first kappa shape index (κ1) is 14.3. The van der Waals surface area contributed by atoms with Crippen molar-refractivity contribution in [3.05, 3.63) is 0 Å². The Labute approximate surface area is 105 Å². The van der Waals surface area contributed by atoms with E-state index < -0.39 is 34.7 Å². The van der Waals surface area contributed by atoms with Gasteiger partial charge in [0, 0.05) is 0 Å². The first-order valence-electron chi connectivity index (χ1n) is 5.25. The van der Waals surface area contributed by atoms with Crippen LogP contribution in [0.2, 0.25) is 0 Å². The Morgan fingerprint density at radius 2 is 1.22 bits per heavy atom. The van der Waals surface area contributed by atoms with E-state index in [9.17, 15) is 19.2 Å². The van der Waals surface area contributed by atoms with Crippen molar-refractivity contribution in [2.75, 3.05) is 0 Å². The lowest BCUT2D eigenvalue weighted by Crippen LogP contribution is -2.34. The molecule has 18 heavy (non-hydrogen) atoms. The number of rotatable bonds is 2. The highest BCUT2D eigenvalue weighted by molar-refractivity contribution is 6.00. The molecule has 0 aromatic rings. The fraction of sp³-hybridized carbons (Fsp3) is 0.667. The smallest absolute Gasteiger partial charge is 0.320 e. The molecular weight excluding hydrogens is 240 g/mol. The van der Waals surface area contributed by atoms with E-state index in [2.05, 4.69) is 9.47 Å². The van der Waals surface area contributed by atoms with Gasteiger partial charge in [0.25, 0.3) is 0 Å². The molecule has 6 heteroatoms. The number of carbonyl (C=O) groups is 4. The van der Waals surface area contributed by atoms with Crippen LogP contribution in [0.3, 0.4) is 0 Å². The van der Waals surface area contributed by atoms with Crippen LogP contribution in [-0.4, -0.2) is 23.9 Å². The van der Waals surface area contributed by atoms with Gasteiger partial charge in [0.2, 0.25) is 0 Å². The first-order valence-corrected chi connectivity index (χ1v) is 5.25. The summed E-state index contributed by atoms with van der Waals surface area (Å²) in [4.78, 5) is 45.2. The number of hydrogen-bond donors (Lipinski definition) is 0. The number of hydrogen-bond acceptors (Lipinski definition) is 6. The lowest BCUT2D eigenvalue weighted by atomic mass is 9.71. The van der Waals surface area contributed by atoms with Crippen LogP contribution in [0.1, 0.15) is 40.5 Å². The molecule has 0 radical (unpaired) electrons. The van der Waals surface area contributed by atoms with Crippen LogP contribution in [0.25, 0.3) is 0 Å². The van der Waals surface area contributed by atoms with Crippen molar-refractivity contribution in [1.82, 2.24) is 0 Å². The number of carbonyl (C=O) groups excluding carboxylic acids is 4. The molecule has 2 saturated heterocycles. The van der Waals surface area contributed by atoms with Crippen molar-refractivity contribution in [2.45, 2.75) is 40.5 Å². The van der Waals surface area contributed by atoms with Crippen molar-refractivity contribution in [3.63, 3.8) is 0 Å². The highest BCUT2D eigenvalue weighted by Crippen LogP contribution is 2.45. The fourth-order valence-electron chi connectivity index (χ4n) is 2.44. The zero-order chi connectivity index (χ0) is 12.8. The zero-order valence-corrected chi connectivity index (χ0v) is 9.57. The van der Waals surface area contributed by atoms with Crippen LogP contribution >= 0.6 is 0 Å². The van der Waals surface area contributed by atoms with Crippen LogP contribution in [0, 0.1) is 10.8 Å². The Morgan fingerprint density at radius 3 is 1.44 bits per heavy atom. The SMILES string of the molecule is C.CC1(CC2(C)CC(=O)OC2=O)CC(=O)OC1=O. The predicted molar refractivity (Wildman–Crippen MR) is 59.0 cm³/mol. The molecule has 0 aromatic carbocycles. The molecule has 2 unspecified atom stereocenters. The fourth-order valence-corrected chi connectivity index (χ4v) is 2.44. The van der Waals surface area contributed by atoms with Crippen molar-refractivity contribution in [3.8, 4) is 0 Å². The standard InChI is InChI=1S/C11H12O6.CH4/c1-10(3-6(12)16-8(10)14)5-11(2)4-7(13)17-9(11)15;/h3-5H2,1-2H3;1H4. The summed E-state index contributed by atoms with van der Waals surface area (Å²) in [6.07, 6.45) is -0.0546. The maximum absolute atomic E-state index is 11.5. The lowest BCUT2D eigenvalue weighted by molar-refractivity contribution is -0.156. The van der Waals surface area contributed by atoms with Gasteiger partial charge >= 0.3 is 23.9 Å². The minimum atomic E-state index is -1.05. The van der Waals surface area contributed by atoms with Gasteiger partial charge in [-0.3, -0.25) is 19.2 Å². The number of cyclic esters (lactones) is 4. The summed E-state index contributed by atoms with van der Waals surface area (Å²) in [6.45, 7) is 3.11. The molecule has 0 saturated carbocycles. The van der Waals surface area contributed by atoms with Crippen molar-refractivity contribution in [1.29, 1.82) is 0 Å². The number of ether oxygens (including phenoxy) is 2. The van der Waals surface area contributed by atoms with E-state index >= 15 is 0 Å². The zero-order valence-electron chi connectivity index (χ0n) is 9.57. The van der Waals surface area contributed by atoms with Crippen molar-refractivity contribution < 1.29 is 28.7 Å². The van der Waals surface area contributed by atoms with Gasteiger partial charge in [0.15, 0.2) is 0 Å². The normalized spacial score (nSPS) is 35.2. The topological polar surface area (TPSA) is 86.7 Å². The summed E-state index contributed by atoms with van der Waals surface area (Å²) in [7, 11) is 0. The molecule has 6 nitrogen and oxygen atoms in total. The summed E-state index contributed by atoms with van der Waals surface area (Å²) in [5.41, 5.74) is -2.09. The van der Waals surface area contributed by atoms with Crippen molar-refractivity contribution >= 4 is 23.9 Å². The molecule has 100 valence electrons. The van der Waals surface area contributed by atoms with Gasteiger partial charge in [-0.15, -0.1) is 0 Å². The Bertz CT molecular complexity index is 400. The molecule has 0 amide bonds. The molecule has 0 bridgehead atoms. The largest absolute Gasteiger partial charge is 0.393 e. The molecule has 2 heterocycles. The van der Waals surface area contributed by atoms with Gasteiger partial charge in [-0.1, -0.05) is 7.43 Å². The monoisotopic (exact) mass is 256 g/mol. The molecular formula is C12H16O6. The Morgan fingerprint density at radius 1 is 0.889 bits per heavy atom. The highest BCUT2D eigenvalue weighted by Gasteiger charge is 2.55. The summed E-state index contributed by atoms with van der Waals surface area (Å²) >= 11 is 0. The maximum Gasteiger partial charge on any atom is 0.320 e. The summed E-state index contributed by atoms with van der Waals surface area (Å²) in [5.74, 6) is -2.48. The van der Waals surface area contributed by atoms with E-state index in [1.54, 1.807) is 13.8 Å². The van der Waals surface area contributed by atoms with Crippen LogP contribution in [0.4, 0.5) is 0 Å². The van der Waals surface area contributed by atoms with E-state index in [0.717, 1.165) is 0 Å². The third-order valence-corrected chi connectivity index (χ3v) is 3.25. The van der Waals surface area contributed by atoms with Gasteiger partial charge in [0.05, 0.1) is 23.7 Å². The number of esters is 4. The molecule has 2 atom stereocenters. The van der Waals surface area contributed by atoms with Gasteiger partial charge in [-0.25, -0.2) is 0 Å². The molecule has 2 fully saturated rings. The quantitative estimate of drug-likeness (QED) is 0.540. The van der Waals surface area contributed by atoms with Gasteiger partial charge < -0.3 is 9.47 Å². The third kappa shape index (κ3) is 2.14. The second-order valence-corrected chi connectivity index (χ2v) is 5.17. The molecule has 2 aliphatic heterocycles. The van der Waals surface area contributed by atoms with E-state index in [1.165, 1.54) is 0 Å². The van der Waals surface area contributed by atoms with Crippen LogP contribution in [0.5, 0.6) is 0 Å². The molecule has 0 N–H and O–H groups in total. The van der Waals surface area contributed by atoms with E-state index in [1.807, 2.05) is 0 Å². The summed E-state index contributed by atoms with van der Waals surface area (Å²) in [5, 5.41) is 0. The Balaban J connectivity index is 0.00000162. The molecule has 0 aliphatic carbocycles. The van der Waals surface area contributed by atoms with Crippen LogP contribution < -0.4 is 0 Å². The predicted octanol–water partition coefficient (Wildman–Crippen LogP) is 0.972. The van der Waals surface area contributed by atoms with Crippen LogP contribution in [-0.2, 0) is 28.7 Å². The second kappa shape index (κ2) is 4.19. The lowest BCUT2D eigenvalue weighted by Gasteiger charge is -2.26. The highest BCUT2D eigenvalue weighted by atomic mass is 16.6. The average Bonchev–Trinajstić information content (AvgIpc) is 2.51. The second-order valence-electron chi connectivity index (χ2n) is 5.17. The maximum atomic E-state index is 11.5. The van der Waals surface area contributed by atoms with E-state index in [-0.39, 0.29) is 26.7 Å². The molecule has 2 aliphatic rings. The minimum absolute atomic E-state index is 0. The van der Waals surface area contributed by atoms with Gasteiger partial charge in [0.1, 0.15) is 0 Å². The summed E-state index contributed by atoms with van der Waals surface area (Å²) in [6, 6.07) is 0. The van der Waals surface area contributed by atoms with Crippen LogP contribution in [0.15, 0.2) is 0 Å². The van der Waals surface area contributed by atoms with Crippen molar-refractivity contribution in [2.24, 2.45) is 10.8 Å². The first-order chi connectivity index (χ1) is 7.75. The minimum Gasteiger partial charge on any atom is -0.393 e. The Kier molecular flexibility index (Phi) is 3.34. The van der Waals surface area contributed by atoms with Gasteiger partial charge in [-0.05, 0) is 20.3 Å². The third-order valence-electron chi connectivity index (χ3n) is 3.25. The van der Waals surface area contributed by atoms with E-state index in [0.29, 0.717) is 0 Å².